The van der Waals surface area contributed by atoms with E-state index in [4.69, 9.17) is 9.47 Å². The molecule has 2 aliphatic heterocycles. The fraction of sp³-hybridized carbons (Fsp3) is 0.350. The largest absolute Gasteiger partial charge is 0.454 e. The molecule has 2 aromatic rings. The normalized spacial score (nSPS) is 18.9. The average Bonchev–Trinajstić information content (AvgIpc) is 3.24. The van der Waals surface area contributed by atoms with Crippen molar-refractivity contribution in [2.75, 3.05) is 13.3 Å². The number of hydrogen-bond acceptors (Lipinski definition) is 3. The second-order valence-electron chi connectivity index (χ2n) is 6.57. The molecule has 4 heteroatoms. The Morgan fingerprint density at radius 1 is 1.04 bits per heavy atom. The van der Waals surface area contributed by atoms with Gasteiger partial charge in [-0.3, -0.25) is 4.79 Å². The summed E-state index contributed by atoms with van der Waals surface area (Å²) in [5.41, 5.74) is 4.44. The van der Waals surface area contributed by atoms with Gasteiger partial charge in [0.1, 0.15) is 0 Å². The van der Waals surface area contributed by atoms with Gasteiger partial charge in [-0.15, -0.1) is 0 Å². The zero-order valence-corrected chi connectivity index (χ0v) is 14.0. The number of likely N-dealkylation sites (tertiary alicyclic amines) is 1. The van der Waals surface area contributed by atoms with E-state index in [1.54, 1.807) is 6.07 Å². The van der Waals surface area contributed by atoms with Gasteiger partial charge in [-0.25, -0.2) is 0 Å². The fourth-order valence-electron chi connectivity index (χ4n) is 3.52. The van der Waals surface area contributed by atoms with Crippen molar-refractivity contribution in [3.05, 3.63) is 58.7 Å². The lowest BCUT2D eigenvalue weighted by molar-refractivity contribution is 0.0735. The Labute approximate surface area is 142 Å². The van der Waals surface area contributed by atoms with Crippen LogP contribution in [0.2, 0.25) is 0 Å². The van der Waals surface area contributed by atoms with E-state index >= 15 is 0 Å². The first-order chi connectivity index (χ1) is 11.6. The summed E-state index contributed by atoms with van der Waals surface area (Å²) in [6, 6.07) is 12.1. The van der Waals surface area contributed by atoms with Gasteiger partial charge in [-0.1, -0.05) is 18.2 Å². The Bertz CT molecular complexity index is 799. The Hall–Kier alpha value is -2.49. The van der Waals surface area contributed by atoms with Crippen LogP contribution in [-0.2, 0) is 0 Å². The molecule has 0 saturated carbocycles. The summed E-state index contributed by atoms with van der Waals surface area (Å²) in [7, 11) is 0. The maximum absolute atomic E-state index is 13.0. The lowest BCUT2D eigenvalue weighted by Gasteiger charge is -2.26. The topological polar surface area (TPSA) is 38.8 Å². The number of nitrogens with zero attached hydrogens (tertiary/aromatic N) is 1. The highest BCUT2D eigenvalue weighted by Crippen LogP contribution is 2.36. The standard InChI is InChI=1S/C20H21NO3/c1-13-5-6-15(10-14(13)2)17-4-3-9-21(17)20(22)16-7-8-18-19(11-16)24-12-23-18/h5-8,10-11,17H,3-4,9,12H2,1-2H3. The first kappa shape index (κ1) is 15.1. The van der Waals surface area contributed by atoms with E-state index in [-0.39, 0.29) is 18.7 Å². The molecule has 4 rings (SSSR count). The van der Waals surface area contributed by atoms with Crippen molar-refractivity contribution < 1.29 is 14.3 Å². The third-order valence-electron chi connectivity index (χ3n) is 5.05. The van der Waals surface area contributed by atoms with Crippen molar-refractivity contribution in [1.82, 2.24) is 4.90 Å². The SMILES string of the molecule is Cc1ccc(C2CCCN2C(=O)c2ccc3c(c2)OCO3)cc1C. The van der Waals surface area contributed by atoms with Crippen LogP contribution in [0, 0.1) is 13.8 Å². The van der Waals surface area contributed by atoms with Gasteiger partial charge < -0.3 is 14.4 Å². The van der Waals surface area contributed by atoms with Gasteiger partial charge in [0.05, 0.1) is 6.04 Å². The van der Waals surface area contributed by atoms with E-state index in [2.05, 4.69) is 32.0 Å². The number of carbonyl (C=O) groups is 1. The summed E-state index contributed by atoms with van der Waals surface area (Å²) >= 11 is 0. The van der Waals surface area contributed by atoms with Gasteiger partial charge in [0, 0.05) is 12.1 Å². The van der Waals surface area contributed by atoms with Crippen LogP contribution in [0.4, 0.5) is 0 Å². The lowest BCUT2D eigenvalue weighted by Crippen LogP contribution is -2.30. The van der Waals surface area contributed by atoms with Gasteiger partial charge >= 0.3 is 0 Å². The van der Waals surface area contributed by atoms with E-state index in [1.165, 1.54) is 16.7 Å². The number of amides is 1. The molecule has 1 fully saturated rings. The second-order valence-corrected chi connectivity index (χ2v) is 6.57. The third kappa shape index (κ3) is 2.52. The molecule has 1 unspecified atom stereocenters. The second kappa shape index (κ2) is 5.86. The van der Waals surface area contributed by atoms with Crippen LogP contribution in [0.3, 0.4) is 0 Å². The van der Waals surface area contributed by atoms with E-state index < -0.39 is 0 Å². The van der Waals surface area contributed by atoms with Crippen molar-refractivity contribution in [2.24, 2.45) is 0 Å². The van der Waals surface area contributed by atoms with Crippen LogP contribution < -0.4 is 9.47 Å². The van der Waals surface area contributed by atoms with Gasteiger partial charge in [-0.05, 0) is 61.6 Å². The molecule has 0 spiro atoms. The molecule has 1 atom stereocenters. The number of carbonyl (C=O) groups excluding carboxylic acids is 1. The highest BCUT2D eigenvalue weighted by atomic mass is 16.7. The monoisotopic (exact) mass is 323 g/mol. The van der Waals surface area contributed by atoms with Crippen LogP contribution in [0.5, 0.6) is 11.5 Å². The first-order valence-corrected chi connectivity index (χ1v) is 8.41. The molecule has 0 aliphatic carbocycles. The summed E-state index contributed by atoms with van der Waals surface area (Å²) in [5, 5.41) is 0. The van der Waals surface area contributed by atoms with Crippen LogP contribution in [0.15, 0.2) is 36.4 Å². The highest BCUT2D eigenvalue weighted by Gasteiger charge is 2.31. The smallest absolute Gasteiger partial charge is 0.254 e. The molecule has 2 heterocycles. The van der Waals surface area contributed by atoms with E-state index in [9.17, 15) is 4.79 Å². The van der Waals surface area contributed by atoms with Gasteiger partial charge in [0.2, 0.25) is 6.79 Å². The van der Waals surface area contributed by atoms with Crippen molar-refractivity contribution in [3.8, 4) is 11.5 Å². The van der Waals surface area contributed by atoms with Gasteiger partial charge in [-0.2, -0.15) is 0 Å². The maximum Gasteiger partial charge on any atom is 0.254 e. The number of rotatable bonds is 2. The zero-order valence-electron chi connectivity index (χ0n) is 14.0. The Morgan fingerprint density at radius 2 is 1.88 bits per heavy atom. The highest BCUT2D eigenvalue weighted by molar-refractivity contribution is 5.95. The molecule has 1 amide bonds. The summed E-state index contributed by atoms with van der Waals surface area (Å²) in [6.07, 6.45) is 2.05. The molecule has 1 saturated heterocycles. The predicted octanol–water partition coefficient (Wildman–Crippen LogP) is 4.01. The van der Waals surface area contributed by atoms with Gasteiger partial charge in [0.25, 0.3) is 5.91 Å². The summed E-state index contributed by atoms with van der Waals surface area (Å²) in [6.45, 7) is 5.26. The maximum atomic E-state index is 13.0. The predicted molar refractivity (Wildman–Crippen MR) is 91.5 cm³/mol. The molecule has 0 bridgehead atoms. The third-order valence-corrected chi connectivity index (χ3v) is 5.05. The van der Waals surface area contributed by atoms with Gasteiger partial charge in [0.15, 0.2) is 11.5 Å². The quantitative estimate of drug-likeness (QED) is 0.838. The molecule has 2 aliphatic rings. The van der Waals surface area contributed by atoms with E-state index in [0.29, 0.717) is 17.1 Å². The summed E-state index contributed by atoms with van der Waals surface area (Å²) in [5.74, 6) is 1.43. The number of aryl methyl sites for hydroxylation is 2. The molecule has 4 nitrogen and oxygen atoms in total. The van der Waals surface area contributed by atoms with Crippen LogP contribution in [0.1, 0.15) is 45.9 Å². The first-order valence-electron chi connectivity index (χ1n) is 8.41. The van der Waals surface area contributed by atoms with Crippen molar-refractivity contribution in [1.29, 1.82) is 0 Å². The minimum absolute atomic E-state index is 0.0639. The fourth-order valence-corrected chi connectivity index (χ4v) is 3.52. The van der Waals surface area contributed by atoms with Crippen molar-refractivity contribution >= 4 is 5.91 Å². The number of benzene rings is 2. The number of ether oxygens (including phenoxy) is 2. The summed E-state index contributed by atoms with van der Waals surface area (Å²) in [4.78, 5) is 15.0. The summed E-state index contributed by atoms with van der Waals surface area (Å²) < 4.78 is 10.7. The number of fused-ring (bicyclic) bond motifs is 1. The van der Waals surface area contributed by atoms with Crippen LogP contribution in [-0.4, -0.2) is 24.1 Å². The van der Waals surface area contributed by atoms with Crippen molar-refractivity contribution in [2.45, 2.75) is 32.7 Å². The average molecular weight is 323 g/mol. The van der Waals surface area contributed by atoms with E-state index in [0.717, 1.165) is 19.4 Å². The Morgan fingerprint density at radius 3 is 2.71 bits per heavy atom. The molecule has 0 radical (unpaired) electrons. The molecule has 24 heavy (non-hydrogen) atoms. The molecule has 2 aromatic carbocycles. The zero-order chi connectivity index (χ0) is 16.7. The van der Waals surface area contributed by atoms with Crippen molar-refractivity contribution in [3.63, 3.8) is 0 Å². The molecule has 0 N–H and O–H groups in total. The van der Waals surface area contributed by atoms with Crippen LogP contribution >= 0.6 is 0 Å². The lowest BCUT2D eigenvalue weighted by atomic mass is 9.99. The van der Waals surface area contributed by atoms with E-state index in [1.807, 2.05) is 17.0 Å². The Kier molecular flexibility index (Phi) is 3.68. The Balaban J connectivity index is 1.62. The molecular weight excluding hydrogens is 302 g/mol. The number of hydrogen-bond donors (Lipinski definition) is 0. The minimum atomic E-state index is 0.0639. The van der Waals surface area contributed by atoms with Crippen LogP contribution in [0.25, 0.3) is 0 Å². The molecule has 0 aromatic heterocycles. The molecule has 124 valence electrons. The molecular formula is C20H21NO3. The minimum Gasteiger partial charge on any atom is -0.454 e.